The van der Waals surface area contributed by atoms with Crippen LogP contribution in [0.5, 0.6) is 0 Å². The van der Waals surface area contributed by atoms with Crippen molar-refractivity contribution >= 4 is 0 Å². The molecule has 0 aliphatic heterocycles. The highest BCUT2D eigenvalue weighted by Gasteiger charge is 2.37. The van der Waals surface area contributed by atoms with E-state index in [9.17, 15) is 8.78 Å². The fourth-order valence-corrected chi connectivity index (χ4v) is 5.51. The van der Waals surface area contributed by atoms with Crippen LogP contribution in [0, 0.1) is 23.5 Å². The molecule has 148 valence electrons. The first-order valence-electron chi connectivity index (χ1n) is 10.8. The van der Waals surface area contributed by atoms with Crippen molar-refractivity contribution in [2.24, 2.45) is 11.8 Å². The molecule has 0 heterocycles. The van der Waals surface area contributed by atoms with Gasteiger partial charge in [-0.05, 0) is 66.3 Å². The van der Waals surface area contributed by atoms with Gasteiger partial charge in [0.1, 0.15) is 0 Å². The van der Waals surface area contributed by atoms with Crippen LogP contribution in [-0.2, 0) is 5.41 Å². The van der Waals surface area contributed by atoms with Crippen molar-refractivity contribution in [3.8, 4) is 11.1 Å². The molecule has 0 atom stereocenters. The Labute approximate surface area is 167 Å². The molecule has 0 N–H and O–H groups in total. The lowest BCUT2D eigenvalue weighted by Crippen LogP contribution is -2.32. The summed E-state index contributed by atoms with van der Waals surface area (Å²) in [4.78, 5) is 0. The zero-order valence-corrected chi connectivity index (χ0v) is 16.6. The van der Waals surface area contributed by atoms with E-state index in [0.29, 0.717) is 5.56 Å². The summed E-state index contributed by atoms with van der Waals surface area (Å²) >= 11 is 0. The van der Waals surface area contributed by atoms with Crippen LogP contribution in [0.1, 0.15) is 63.4 Å². The molecular formula is C26H30F2. The summed E-state index contributed by atoms with van der Waals surface area (Å²) in [6.07, 6.45) is 14.2. The Morgan fingerprint density at radius 2 is 1.36 bits per heavy atom. The fraction of sp³-hybridized carbons (Fsp3) is 0.462. The van der Waals surface area contributed by atoms with E-state index in [0.717, 1.165) is 17.4 Å². The predicted octanol–water partition coefficient (Wildman–Crippen LogP) is 7.83. The summed E-state index contributed by atoms with van der Waals surface area (Å²) in [6.45, 7) is 4.18. The van der Waals surface area contributed by atoms with E-state index in [1.807, 2.05) is 12.1 Å². The van der Waals surface area contributed by atoms with Gasteiger partial charge in [-0.1, -0.05) is 68.5 Å². The highest BCUT2D eigenvalue weighted by molar-refractivity contribution is 5.64. The second kappa shape index (κ2) is 8.19. The summed E-state index contributed by atoms with van der Waals surface area (Å²) < 4.78 is 26.7. The van der Waals surface area contributed by atoms with Crippen LogP contribution in [-0.4, -0.2) is 0 Å². The standard InChI is InChI=1S/C26H30F2/c1-2-26(16-14-21(15-17-26)19-6-4-3-5-7-19)23-11-8-20(9-12-23)22-10-13-24(27)25(28)18-22/h2,8-13,18-19,21H,1,3-7,14-17H2. The van der Waals surface area contributed by atoms with Gasteiger partial charge in [-0.3, -0.25) is 0 Å². The number of benzene rings is 2. The van der Waals surface area contributed by atoms with Crippen LogP contribution in [0.3, 0.4) is 0 Å². The lowest BCUT2D eigenvalue weighted by Gasteiger charge is -2.42. The molecule has 0 unspecified atom stereocenters. The maximum Gasteiger partial charge on any atom is 0.159 e. The monoisotopic (exact) mass is 380 g/mol. The van der Waals surface area contributed by atoms with Gasteiger partial charge in [0.25, 0.3) is 0 Å². The van der Waals surface area contributed by atoms with Crippen molar-refractivity contribution in [2.45, 2.75) is 63.2 Å². The predicted molar refractivity (Wildman–Crippen MR) is 112 cm³/mol. The minimum absolute atomic E-state index is 0.0533. The van der Waals surface area contributed by atoms with E-state index in [2.05, 4.69) is 24.8 Å². The van der Waals surface area contributed by atoms with Crippen molar-refractivity contribution in [1.82, 2.24) is 0 Å². The second-order valence-corrected chi connectivity index (χ2v) is 8.80. The van der Waals surface area contributed by atoms with Gasteiger partial charge in [0.2, 0.25) is 0 Å². The summed E-state index contributed by atoms with van der Waals surface area (Å²) in [5, 5.41) is 0. The average molecular weight is 381 g/mol. The van der Waals surface area contributed by atoms with Crippen LogP contribution in [0.25, 0.3) is 11.1 Å². The quantitative estimate of drug-likeness (QED) is 0.474. The first-order chi connectivity index (χ1) is 13.6. The van der Waals surface area contributed by atoms with E-state index in [1.165, 1.54) is 75.5 Å². The topological polar surface area (TPSA) is 0 Å². The van der Waals surface area contributed by atoms with E-state index in [4.69, 9.17) is 0 Å². The smallest absolute Gasteiger partial charge is 0.159 e. The van der Waals surface area contributed by atoms with Crippen molar-refractivity contribution in [1.29, 1.82) is 0 Å². The molecule has 2 heteroatoms. The van der Waals surface area contributed by atoms with Gasteiger partial charge in [0.15, 0.2) is 11.6 Å². The first kappa shape index (κ1) is 19.4. The van der Waals surface area contributed by atoms with E-state index in [-0.39, 0.29) is 5.41 Å². The van der Waals surface area contributed by atoms with Crippen LogP contribution >= 0.6 is 0 Å². The molecule has 0 nitrogen and oxygen atoms in total. The van der Waals surface area contributed by atoms with Gasteiger partial charge in [-0.15, -0.1) is 6.58 Å². The Morgan fingerprint density at radius 1 is 0.750 bits per heavy atom. The molecule has 2 aliphatic rings. The van der Waals surface area contributed by atoms with Gasteiger partial charge in [-0.2, -0.15) is 0 Å². The zero-order chi connectivity index (χ0) is 19.6. The number of halogens is 2. The third-order valence-electron chi connectivity index (χ3n) is 7.34. The maximum absolute atomic E-state index is 13.6. The van der Waals surface area contributed by atoms with Gasteiger partial charge in [0.05, 0.1) is 0 Å². The van der Waals surface area contributed by atoms with Crippen molar-refractivity contribution in [2.75, 3.05) is 0 Å². The van der Waals surface area contributed by atoms with Gasteiger partial charge in [0, 0.05) is 5.41 Å². The third kappa shape index (κ3) is 3.79. The van der Waals surface area contributed by atoms with Gasteiger partial charge < -0.3 is 0 Å². The summed E-state index contributed by atoms with van der Waals surface area (Å²) in [6, 6.07) is 12.4. The van der Waals surface area contributed by atoms with Crippen molar-refractivity contribution in [3.63, 3.8) is 0 Å². The Balaban J connectivity index is 1.49. The molecule has 0 spiro atoms. The van der Waals surface area contributed by atoms with Crippen LogP contribution in [0.15, 0.2) is 55.1 Å². The van der Waals surface area contributed by atoms with Gasteiger partial charge in [-0.25, -0.2) is 8.78 Å². The number of hydrogen-bond acceptors (Lipinski definition) is 0. The summed E-state index contributed by atoms with van der Waals surface area (Å²) in [5.74, 6) is 0.216. The molecule has 2 fully saturated rings. The highest BCUT2D eigenvalue weighted by Crippen LogP contribution is 2.47. The minimum Gasteiger partial charge on any atom is -0.204 e. The largest absolute Gasteiger partial charge is 0.204 e. The molecule has 4 rings (SSSR count). The molecular weight excluding hydrogens is 350 g/mol. The molecule has 2 aromatic rings. The van der Waals surface area contributed by atoms with E-state index >= 15 is 0 Å². The number of hydrogen-bond donors (Lipinski definition) is 0. The second-order valence-electron chi connectivity index (χ2n) is 8.80. The Hall–Kier alpha value is -1.96. The number of allylic oxidation sites excluding steroid dienone is 1. The lowest BCUT2D eigenvalue weighted by molar-refractivity contribution is 0.166. The van der Waals surface area contributed by atoms with E-state index in [1.54, 1.807) is 6.07 Å². The normalized spacial score (nSPS) is 26.1. The maximum atomic E-state index is 13.6. The Kier molecular flexibility index (Phi) is 5.66. The Bertz CT molecular complexity index is 807. The first-order valence-corrected chi connectivity index (χ1v) is 10.8. The minimum atomic E-state index is -0.805. The molecule has 2 aromatic carbocycles. The molecule has 0 amide bonds. The van der Waals surface area contributed by atoms with Crippen molar-refractivity contribution in [3.05, 3.63) is 72.3 Å². The molecule has 0 bridgehead atoms. The zero-order valence-electron chi connectivity index (χ0n) is 16.6. The SMILES string of the molecule is C=CC1(c2ccc(-c3ccc(F)c(F)c3)cc2)CCC(C2CCCCC2)CC1. The van der Waals surface area contributed by atoms with Crippen LogP contribution < -0.4 is 0 Å². The van der Waals surface area contributed by atoms with Crippen LogP contribution in [0.2, 0.25) is 0 Å². The molecule has 0 saturated heterocycles. The lowest BCUT2D eigenvalue weighted by atomic mass is 9.63. The van der Waals surface area contributed by atoms with E-state index < -0.39 is 11.6 Å². The Morgan fingerprint density at radius 3 is 1.96 bits per heavy atom. The molecule has 0 aromatic heterocycles. The third-order valence-corrected chi connectivity index (χ3v) is 7.34. The molecule has 2 saturated carbocycles. The summed E-state index contributed by atoms with van der Waals surface area (Å²) in [5.41, 5.74) is 2.98. The van der Waals surface area contributed by atoms with Crippen molar-refractivity contribution < 1.29 is 8.78 Å². The summed E-state index contributed by atoms with van der Waals surface area (Å²) in [7, 11) is 0. The number of rotatable bonds is 4. The molecule has 0 radical (unpaired) electrons. The fourth-order valence-electron chi connectivity index (χ4n) is 5.51. The van der Waals surface area contributed by atoms with Gasteiger partial charge >= 0.3 is 0 Å². The average Bonchev–Trinajstić information content (AvgIpc) is 2.76. The molecule has 2 aliphatic carbocycles. The highest BCUT2D eigenvalue weighted by atomic mass is 19.2. The molecule has 28 heavy (non-hydrogen) atoms. The van der Waals surface area contributed by atoms with Crippen LogP contribution in [0.4, 0.5) is 8.78 Å².